The maximum absolute atomic E-state index is 13.7. The molecule has 1 saturated heterocycles. The summed E-state index contributed by atoms with van der Waals surface area (Å²) in [6, 6.07) is 12.2. The molecular weight excluding hydrogens is 520 g/mol. The van der Waals surface area contributed by atoms with Gasteiger partial charge in [-0.2, -0.15) is 5.26 Å². The van der Waals surface area contributed by atoms with E-state index in [-0.39, 0.29) is 27.1 Å². The van der Waals surface area contributed by atoms with Crippen LogP contribution in [-0.4, -0.2) is 38.9 Å². The molecule has 0 radical (unpaired) electrons. The standard InChI is InChI=1S/C29H35F2N5O2S/c1-28(2,3)14-8-15-29(4,18-32)26(38)35-16-7-9-19(35)17-36-21-11-6-5-10-20(21)33-27(36)34-25(37)23-13-12-22(39-23)24(30)31/h5-6,10-13,19,24H,7-9,14-17H2,1-4H3,(H,33,34,37)/t19-,29?/m1/s1. The number of halogens is 2. The fourth-order valence-electron chi connectivity index (χ4n) is 5.11. The number of nitriles is 1. The van der Waals surface area contributed by atoms with E-state index in [2.05, 4.69) is 37.1 Å². The van der Waals surface area contributed by atoms with Crippen LogP contribution in [0.25, 0.3) is 11.0 Å². The lowest BCUT2D eigenvalue weighted by Crippen LogP contribution is -2.45. The van der Waals surface area contributed by atoms with Gasteiger partial charge in [0.2, 0.25) is 11.9 Å². The van der Waals surface area contributed by atoms with E-state index in [1.54, 1.807) is 6.92 Å². The van der Waals surface area contributed by atoms with Crippen LogP contribution in [0.15, 0.2) is 36.4 Å². The summed E-state index contributed by atoms with van der Waals surface area (Å²) in [5.74, 6) is -0.381. The molecule has 0 bridgehead atoms. The quantitative estimate of drug-likeness (QED) is 0.307. The average Bonchev–Trinajstić information content (AvgIpc) is 3.62. The first kappa shape index (κ1) is 28.7. The van der Waals surface area contributed by atoms with Crippen molar-refractivity contribution in [1.29, 1.82) is 5.26 Å². The number of para-hydroxylation sites is 2. The van der Waals surface area contributed by atoms with Crippen molar-refractivity contribution in [2.24, 2.45) is 10.8 Å². The van der Waals surface area contributed by atoms with Gasteiger partial charge in [-0.25, -0.2) is 13.8 Å². The first-order chi connectivity index (χ1) is 18.4. The number of amides is 2. The number of nitrogens with zero attached hydrogens (tertiary/aromatic N) is 4. The number of likely N-dealkylation sites (tertiary alicyclic amines) is 1. The number of thiophene rings is 1. The predicted octanol–water partition coefficient (Wildman–Crippen LogP) is 7.02. The van der Waals surface area contributed by atoms with Crippen molar-refractivity contribution >= 4 is 40.1 Å². The van der Waals surface area contributed by atoms with Gasteiger partial charge in [0.15, 0.2) is 0 Å². The lowest BCUT2D eigenvalue weighted by molar-refractivity contribution is -0.139. The van der Waals surface area contributed by atoms with E-state index in [0.717, 1.165) is 42.5 Å². The molecule has 10 heteroatoms. The van der Waals surface area contributed by atoms with Crippen LogP contribution in [0.2, 0.25) is 0 Å². The molecule has 0 aliphatic carbocycles. The second-order valence-corrected chi connectivity index (χ2v) is 12.8. The molecule has 2 atom stereocenters. The number of benzene rings is 1. The molecule has 208 valence electrons. The molecule has 0 spiro atoms. The lowest BCUT2D eigenvalue weighted by Gasteiger charge is -2.32. The van der Waals surface area contributed by atoms with E-state index >= 15 is 0 Å². The van der Waals surface area contributed by atoms with Gasteiger partial charge in [0.1, 0.15) is 5.41 Å². The zero-order chi connectivity index (χ0) is 28.4. The van der Waals surface area contributed by atoms with Crippen molar-refractivity contribution in [1.82, 2.24) is 14.5 Å². The molecule has 1 N–H and O–H groups in total. The summed E-state index contributed by atoms with van der Waals surface area (Å²) >= 11 is 0.749. The molecule has 1 aliphatic heterocycles. The number of imidazole rings is 1. The first-order valence-electron chi connectivity index (χ1n) is 13.3. The molecule has 3 aromatic rings. The molecule has 1 unspecified atom stereocenters. The molecule has 3 heterocycles. The van der Waals surface area contributed by atoms with Gasteiger partial charge in [0, 0.05) is 19.1 Å². The third kappa shape index (κ3) is 6.47. The largest absolute Gasteiger partial charge is 0.337 e. The number of fused-ring (bicyclic) bond motifs is 1. The fourth-order valence-corrected chi connectivity index (χ4v) is 5.87. The molecular formula is C29H35F2N5O2S. The number of rotatable bonds is 9. The van der Waals surface area contributed by atoms with Crippen LogP contribution < -0.4 is 5.32 Å². The van der Waals surface area contributed by atoms with Crippen LogP contribution in [0.1, 0.15) is 80.8 Å². The average molecular weight is 556 g/mol. The van der Waals surface area contributed by atoms with E-state index < -0.39 is 17.7 Å². The van der Waals surface area contributed by atoms with Crippen LogP contribution in [0.3, 0.4) is 0 Å². The fraction of sp³-hybridized carbons (Fsp3) is 0.517. The Balaban J connectivity index is 1.56. The Labute approximate surface area is 231 Å². The maximum atomic E-state index is 13.7. The Morgan fingerprint density at radius 3 is 2.59 bits per heavy atom. The van der Waals surface area contributed by atoms with Gasteiger partial charge in [-0.3, -0.25) is 14.9 Å². The van der Waals surface area contributed by atoms with Crippen molar-refractivity contribution in [2.45, 2.75) is 78.8 Å². The number of alkyl halides is 2. The van der Waals surface area contributed by atoms with Crippen molar-refractivity contribution in [2.75, 3.05) is 11.9 Å². The van der Waals surface area contributed by atoms with Gasteiger partial charge in [-0.05, 0) is 62.3 Å². The summed E-state index contributed by atoms with van der Waals surface area (Å²) in [7, 11) is 0. The van der Waals surface area contributed by atoms with Crippen LogP contribution in [0, 0.1) is 22.2 Å². The van der Waals surface area contributed by atoms with E-state index in [9.17, 15) is 23.6 Å². The summed E-state index contributed by atoms with van der Waals surface area (Å²) in [5.41, 5.74) is 0.485. The number of aromatic nitrogens is 2. The SMILES string of the molecule is CC(C)(C)CCCC(C)(C#N)C(=O)N1CCC[C@@H]1Cn1c(NC(=O)c2ccc(C(F)F)s2)nc2ccccc21. The van der Waals surface area contributed by atoms with E-state index in [1.165, 1.54) is 12.1 Å². The van der Waals surface area contributed by atoms with Gasteiger partial charge in [-0.1, -0.05) is 39.3 Å². The zero-order valence-corrected chi connectivity index (χ0v) is 23.7. The molecule has 39 heavy (non-hydrogen) atoms. The second-order valence-electron chi connectivity index (χ2n) is 11.6. The summed E-state index contributed by atoms with van der Waals surface area (Å²) in [4.78, 5) is 33.0. The van der Waals surface area contributed by atoms with E-state index in [0.29, 0.717) is 31.0 Å². The number of hydrogen-bond donors (Lipinski definition) is 1. The molecule has 7 nitrogen and oxygen atoms in total. The number of hydrogen-bond acceptors (Lipinski definition) is 5. The first-order valence-corrected chi connectivity index (χ1v) is 14.1. The van der Waals surface area contributed by atoms with Crippen molar-refractivity contribution in [3.63, 3.8) is 0 Å². The maximum Gasteiger partial charge on any atom is 0.272 e. The topological polar surface area (TPSA) is 91.0 Å². The Kier molecular flexibility index (Phi) is 8.40. The summed E-state index contributed by atoms with van der Waals surface area (Å²) < 4.78 is 28.0. The lowest BCUT2D eigenvalue weighted by atomic mass is 9.81. The Bertz CT molecular complexity index is 1390. The number of nitrogens with one attached hydrogen (secondary N) is 1. The molecule has 4 rings (SSSR count). The molecule has 1 fully saturated rings. The highest BCUT2D eigenvalue weighted by atomic mass is 32.1. The summed E-state index contributed by atoms with van der Waals surface area (Å²) in [6.07, 6.45) is 1.15. The minimum atomic E-state index is -2.64. The van der Waals surface area contributed by atoms with Gasteiger partial charge < -0.3 is 9.47 Å². The molecule has 1 aliphatic rings. The van der Waals surface area contributed by atoms with Gasteiger partial charge >= 0.3 is 0 Å². The third-order valence-corrected chi connectivity index (χ3v) is 8.39. The van der Waals surface area contributed by atoms with Gasteiger partial charge in [-0.15, -0.1) is 11.3 Å². The van der Waals surface area contributed by atoms with Crippen LogP contribution in [-0.2, 0) is 11.3 Å². The van der Waals surface area contributed by atoms with E-state index in [1.807, 2.05) is 33.7 Å². The predicted molar refractivity (Wildman–Crippen MR) is 149 cm³/mol. The molecule has 0 saturated carbocycles. The van der Waals surface area contributed by atoms with Gasteiger partial charge in [0.05, 0.1) is 26.9 Å². The van der Waals surface area contributed by atoms with E-state index in [4.69, 9.17) is 0 Å². The smallest absolute Gasteiger partial charge is 0.272 e. The number of carbonyl (C=O) groups excluding carboxylic acids is 2. The minimum absolute atomic E-state index is 0.128. The van der Waals surface area contributed by atoms with Gasteiger partial charge in [0.25, 0.3) is 12.3 Å². The van der Waals surface area contributed by atoms with Crippen molar-refractivity contribution in [3.8, 4) is 6.07 Å². The third-order valence-electron chi connectivity index (χ3n) is 7.30. The Morgan fingerprint density at radius 1 is 1.18 bits per heavy atom. The van der Waals surface area contributed by atoms with Crippen LogP contribution in [0.4, 0.5) is 14.7 Å². The van der Waals surface area contributed by atoms with Crippen molar-refractivity contribution in [3.05, 3.63) is 46.2 Å². The molecule has 2 aromatic heterocycles. The Morgan fingerprint density at radius 2 is 1.92 bits per heavy atom. The molecule has 2 amide bonds. The highest BCUT2D eigenvalue weighted by Gasteiger charge is 2.41. The molecule has 1 aromatic carbocycles. The van der Waals surface area contributed by atoms with Crippen LogP contribution >= 0.6 is 11.3 Å². The number of anilines is 1. The highest BCUT2D eigenvalue weighted by molar-refractivity contribution is 7.14. The highest BCUT2D eigenvalue weighted by Crippen LogP contribution is 2.34. The Hall–Kier alpha value is -3.32. The zero-order valence-electron chi connectivity index (χ0n) is 22.8. The minimum Gasteiger partial charge on any atom is -0.337 e. The normalized spacial score (nSPS) is 17.4. The van der Waals surface area contributed by atoms with Crippen molar-refractivity contribution < 1.29 is 18.4 Å². The monoisotopic (exact) mass is 555 g/mol. The van der Waals surface area contributed by atoms with Crippen LogP contribution in [0.5, 0.6) is 0 Å². The summed E-state index contributed by atoms with van der Waals surface area (Å²) in [5, 5.41) is 12.8. The number of carbonyl (C=O) groups is 2. The second kappa shape index (κ2) is 11.4. The summed E-state index contributed by atoms with van der Waals surface area (Å²) in [6.45, 7) is 9.14.